The largest absolute Gasteiger partial charge is 0.366 e. The molecule has 1 aliphatic heterocycles. The van der Waals surface area contributed by atoms with Gasteiger partial charge in [-0.25, -0.2) is 0 Å². The molecule has 0 N–H and O–H groups in total. The summed E-state index contributed by atoms with van der Waals surface area (Å²) < 4.78 is 5.70. The molecule has 0 aliphatic carbocycles. The molecular formula is C15H16O2. The molecule has 1 aromatic rings. The molecule has 1 aliphatic rings. The molecule has 0 spiro atoms. The molecule has 1 heterocycles. The number of carbonyl (C=O) groups excluding carboxylic acids is 1. The van der Waals surface area contributed by atoms with Crippen molar-refractivity contribution in [2.45, 2.75) is 25.0 Å². The zero-order chi connectivity index (χ0) is 12.1. The van der Waals surface area contributed by atoms with Gasteiger partial charge in [0.1, 0.15) is 5.78 Å². The number of hydrogen-bond acceptors (Lipinski definition) is 2. The normalized spacial score (nSPS) is 25.1. The molecule has 0 bridgehead atoms. The van der Waals surface area contributed by atoms with Crippen LogP contribution in [0.2, 0.25) is 0 Å². The smallest absolute Gasteiger partial charge is 0.138 e. The van der Waals surface area contributed by atoms with Crippen LogP contribution in [-0.2, 0) is 9.53 Å². The second kappa shape index (κ2) is 5.60. The monoisotopic (exact) mass is 228 g/mol. The van der Waals surface area contributed by atoms with Crippen LogP contribution in [0, 0.1) is 0 Å². The third kappa shape index (κ3) is 3.40. The third-order valence-electron chi connectivity index (χ3n) is 2.77. The van der Waals surface area contributed by atoms with Crippen LogP contribution in [0.5, 0.6) is 0 Å². The van der Waals surface area contributed by atoms with E-state index in [-0.39, 0.29) is 18.0 Å². The van der Waals surface area contributed by atoms with E-state index in [1.165, 1.54) is 0 Å². The summed E-state index contributed by atoms with van der Waals surface area (Å²) in [6.45, 7) is 3.67. The van der Waals surface area contributed by atoms with E-state index in [9.17, 15) is 4.79 Å². The zero-order valence-electron chi connectivity index (χ0n) is 9.71. The second-order valence-electron chi connectivity index (χ2n) is 4.17. The van der Waals surface area contributed by atoms with Gasteiger partial charge >= 0.3 is 0 Å². The Bertz CT molecular complexity index is 420. The summed E-state index contributed by atoms with van der Waals surface area (Å²) in [6.07, 6.45) is 6.29. The van der Waals surface area contributed by atoms with Crippen LogP contribution in [0.25, 0.3) is 6.08 Å². The summed E-state index contributed by atoms with van der Waals surface area (Å²) in [5.41, 5.74) is 1.12. The minimum atomic E-state index is -0.137. The van der Waals surface area contributed by atoms with Crippen molar-refractivity contribution in [1.82, 2.24) is 0 Å². The molecule has 2 nitrogen and oxygen atoms in total. The van der Waals surface area contributed by atoms with Crippen LogP contribution in [0.3, 0.4) is 0 Å². The molecule has 0 radical (unpaired) electrons. The predicted octanol–water partition coefficient (Wildman–Crippen LogP) is 3.00. The molecule has 1 saturated heterocycles. The van der Waals surface area contributed by atoms with Crippen molar-refractivity contribution < 1.29 is 9.53 Å². The van der Waals surface area contributed by atoms with Gasteiger partial charge in [0.25, 0.3) is 0 Å². The van der Waals surface area contributed by atoms with Crippen LogP contribution in [0.1, 0.15) is 18.4 Å². The highest BCUT2D eigenvalue weighted by Crippen LogP contribution is 2.18. The fourth-order valence-electron chi connectivity index (χ4n) is 1.89. The average Bonchev–Trinajstić information content (AvgIpc) is 2.37. The maximum Gasteiger partial charge on any atom is 0.138 e. The minimum Gasteiger partial charge on any atom is -0.366 e. The fourth-order valence-corrected chi connectivity index (χ4v) is 1.89. The Morgan fingerprint density at radius 3 is 2.59 bits per heavy atom. The molecule has 1 aromatic carbocycles. The van der Waals surface area contributed by atoms with E-state index >= 15 is 0 Å². The first-order valence-electron chi connectivity index (χ1n) is 5.81. The Hall–Kier alpha value is -1.67. The first-order valence-corrected chi connectivity index (χ1v) is 5.81. The number of carbonyl (C=O) groups is 1. The quantitative estimate of drug-likeness (QED) is 0.743. The summed E-state index contributed by atoms with van der Waals surface area (Å²) in [7, 11) is 0. The number of hydrogen-bond donors (Lipinski definition) is 0. The maximum atomic E-state index is 11.5. The number of Topliss-reactive ketones (excluding diaryl/α,β-unsaturated/α-hetero) is 1. The van der Waals surface area contributed by atoms with E-state index < -0.39 is 0 Å². The summed E-state index contributed by atoms with van der Waals surface area (Å²) in [5.74, 6) is 0.240. The lowest BCUT2D eigenvalue weighted by atomic mass is 10.0. The number of benzene rings is 1. The van der Waals surface area contributed by atoms with Gasteiger partial charge in [0, 0.05) is 12.8 Å². The lowest BCUT2D eigenvalue weighted by molar-refractivity contribution is -0.129. The summed E-state index contributed by atoms with van der Waals surface area (Å²) in [4.78, 5) is 11.5. The first kappa shape index (κ1) is 11.8. The van der Waals surface area contributed by atoms with Gasteiger partial charge in [-0.3, -0.25) is 4.79 Å². The number of ether oxygens (including phenoxy) is 1. The van der Waals surface area contributed by atoms with Crippen LogP contribution in [0.15, 0.2) is 49.1 Å². The van der Waals surface area contributed by atoms with E-state index in [1.807, 2.05) is 42.5 Å². The Morgan fingerprint density at radius 2 is 1.88 bits per heavy atom. The van der Waals surface area contributed by atoms with Crippen LogP contribution in [0.4, 0.5) is 0 Å². The van der Waals surface area contributed by atoms with Crippen LogP contribution >= 0.6 is 0 Å². The first-order chi connectivity index (χ1) is 8.28. The number of ketones is 1. The van der Waals surface area contributed by atoms with E-state index in [1.54, 1.807) is 6.08 Å². The summed E-state index contributed by atoms with van der Waals surface area (Å²) >= 11 is 0. The molecule has 0 amide bonds. The molecular weight excluding hydrogens is 212 g/mol. The average molecular weight is 228 g/mol. The lowest BCUT2D eigenvalue weighted by Crippen LogP contribution is -2.30. The van der Waals surface area contributed by atoms with Crippen LogP contribution < -0.4 is 0 Å². The topological polar surface area (TPSA) is 26.3 Å². The highest BCUT2D eigenvalue weighted by atomic mass is 16.5. The molecule has 0 aromatic heterocycles. The van der Waals surface area contributed by atoms with E-state index in [4.69, 9.17) is 4.74 Å². The summed E-state index contributed by atoms with van der Waals surface area (Å²) in [6, 6.07) is 9.99. The van der Waals surface area contributed by atoms with E-state index in [2.05, 4.69) is 6.58 Å². The molecule has 2 rings (SSSR count). The van der Waals surface area contributed by atoms with Gasteiger partial charge < -0.3 is 4.74 Å². The Balaban J connectivity index is 2.01. The zero-order valence-corrected chi connectivity index (χ0v) is 9.71. The SMILES string of the molecule is C=C[C@H]1CC(=O)C[C@@H](/C=C/c2ccccc2)O1. The van der Waals surface area contributed by atoms with Crippen molar-refractivity contribution in [2.24, 2.45) is 0 Å². The van der Waals surface area contributed by atoms with Crippen molar-refractivity contribution in [2.75, 3.05) is 0 Å². The fraction of sp³-hybridized carbons (Fsp3) is 0.267. The van der Waals surface area contributed by atoms with Gasteiger partial charge in [-0.05, 0) is 5.56 Å². The van der Waals surface area contributed by atoms with Gasteiger partial charge in [0.2, 0.25) is 0 Å². The van der Waals surface area contributed by atoms with Crippen molar-refractivity contribution in [3.05, 3.63) is 54.6 Å². The second-order valence-corrected chi connectivity index (χ2v) is 4.17. The van der Waals surface area contributed by atoms with Crippen molar-refractivity contribution in [3.63, 3.8) is 0 Å². The molecule has 2 heteroatoms. The van der Waals surface area contributed by atoms with Gasteiger partial charge in [0.05, 0.1) is 12.2 Å². The maximum absolute atomic E-state index is 11.5. The van der Waals surface area contributed by atoms with Crippen molar-refractivity contribution in [1.29, 1.82) is 0 Å². The molecule has 17 heavy (non-hydrogen) atoms. The highest BCUT2D eigenvalue weighted by Gasteiger charge is 2.24. The lowest BCUT2D eigenvalue weighted by Gasteiger charge is -2.25. The molecule has 88 valence electrons. The third-order valence-corrected chi connectivity index (χ3v) is 2.77. The minimum absolute atomic E-state index is 0.126. The van der Waals surface area contributed by atoms with Crippen molar-refractivity contribution >= 4 is 11.9 Å². The van der Waals surface area contributed by atoms with Gasteiger partial charge in [-0.15, -0.1) is 6.58 Å². The summed E-state index contributed by atoms with van der Waals surface area (Å²) in [5, 5.41) is 0. The highest BCUT2D eigenvalue weighted by molar-refractivity contribution is 5.80. The Morgan fingerprint density at radius 1 is 1.18 bits per heavy atom. The molecule has 2 atom stereocenters. The standard InChI is InChI=1S/C15H16O2/c1-2-14-10-13(16)11-15(17-14)9-8-12-6-4-3-5-7-12/h2-9,14-15H,1,10-11H2/b9-8+/t14-,15+/m0/s1. The van der Waals surface area contributed by atoms with Gasteiger partial charge in [-0.2, -0.15) is 0 Å². The Kier molecular flexibility index (Phi) is 3.89. The number of rotatable bonds is 3. The molecule has 1 fully saturated rings. The van der Waals surface area contributed by atoms with Gasteiger partial charge in [-0.1, -0.05) is 48.6 Å². The molecule has 0 unspecified atom stereocenters. The van der Waals surface area contributed by atoms with Gasteiger partial charge in [0.15, 0.2) is 0 Å². The van der Waals surface area contributed by atoms with E-state index in [0.717, 1.165) is 5.56 Å². The Labute approximate surface area is 102 Å². The molecule has 0 saturated carbocycles. The van der Waals surface area contributed by atoms with E-state index in [0.29, 0.717) is 12.8 Å². The van der Waals surface area contributed by atoms with Crippen molar-refractivity contribution in [3.8, 4) is 0 Å². The van der Waals surface area contributed by atoms with Crippen LogP contribution in [-0.4, -0.2) is 18.0 Å². The predicted molar refractivity (Wildman–Crippen MR) is 68.6 cm³/mol.